The summed E-state index contributed by atoms with van der Waals surface area (Å²) in [6.07, 6.45) is 1.14. The Bertz CT molecular complexity index is 573. The molecule has 0 unspecified atom stereocenters. The lowest BCUT2D eigenvalue weighted by atomic mass is 9.98. The van der Waals surface area contributed by atoms with Crippen LogP contribution < -0.4 is 5.32 Å². The Labute approximate surface area is 133 Å². The maximum Gasteiger partial charge on any atom is 0.0457 e. The summed E-state index contributed by atoms with van der Waals surface area (Å²) in [6, 6.07) is 15.1. The van der Waals surface area contributed by atoms with Crippen LogP contribution >= 0.6 is 11.6 Å². The number of rotatable bonds is 6. The van der Waals surface area contributed by atoms with E-state index in [1.54, 1.807) is 0 Å². The quantitative estimate of drug-likeness (QED) is 0.682. The summed E-state index contributed by atoms with van der Waals surface area (Å²) < 4.78 is 0. The van der Waals surface area contributed by atoms with Crippen molar-refractivity contribution in [2.24, 2.45) is 0 Å². The summed E-state index contributed by atoms with van der Waals surface area (Å²) in [6.45, 7) is 8.44. The minimum atomic E-state index is 0.564. The van der Waals surface area contributed by atoms with Crippen molar-refractivity contribution in [1.82, 2.24) is 5.32 Å². The highest BCUT2D eigenvalue weighted by molar-refractivity contribution is 6.31. The van der Waals surface area contributed by atoms with Crippen LogP contribution in [0.3, 0.4) is 0 Å². The van der Waals surface area contributed by atoms with Crippen LogP contribution in [0.4, 0.5) is 0 Å². The van der Waals surface area contributed by atoms with Gasteiger partial charge in [-0.3, -0.25) is 0 Å². The van der Waals surface area contributed by atoms with Crippen LogP contribution in [0.25, 0.3) is 11.1 Å². The summed E-state index contributed by atoms with van der Waals surface area (Å²) in [5.41, 5.74) is 4.92. The third-order valence-electron chi connectivity index (χ3n) is 3.71. The first-order chi connectivity index (χ1) is 10.1. The topological polar surface area (TPSA) is 12.0 Å². The molecule has 1 N–H and O–H groups in total. The first kappa shape index (κ1) is 16.1. The van der Waals surface area contributed by atoms with Crippen LogP contribution in [0.5, 0.6) is 0 Å². The van der Waals surface area contributed by atoms with E-state index in [0.717, 1.165) is 30.1 Å². The van der Waals surface area contributed by atoms with Gasteiger partial charge in [-0.2, -0.15) is 0 Å². The number of hydrogen-bond donors (Lipinski definition) is 1. The molecule has 2 rings (SSSR count). The highest BCUT2D eigenvalue weighted by atomic mass is 35.5. The fourth-order valence-electron chi connectivity index (χ4n) is 2.33. The van der Waals surface area contributed by atoms with E-state index in [1.807, 2.05) is 0 Å². The molecule has 0 heterocycles. The van der Waals surface area contributed by atoms with Gasteiger partial charge in [-0.1, -0.05) is 68.8 Å². The third-order valence-corrected chi connectivity index (χ3v) is 4.06. The minimum Gasteiger partial charge on any atom is -0.313 e. The number of nitrogens with one attached hydrogen (secondary N) is 1. The molecule has 1 nitrogen and oxygen atoms in total. The van der Waals surface area contributed by atoms with Crippen LogP contribution in [-0.2, 0) is 6.54 Å². The Morgan fingerprint density at radius 3 is 2.24 bits per heavy atom. The summed E-state index contributed by atoms with van der Waals surface area (Å²) in [5.74, 6) is 0.564. The molecule has 0 aliphatic rings. The van der Waals surface area contributed by atoms with Crippen molar-refractivity contribution in [1.29, 1.82) is 0 Å². The normalized spacial score (nSPS) is 11.1. The van der Waals surface area contributed by atoms with Gasteiger partial charge in [0.2, 0.25) is 0 Å². The molecule has 0 aliphatic heterocycles. The average Bonchev–Trinajstić information content (AvgIpc) is 2.49. The summed E-state index contributed by atoms with van der Waals surface area (Å²) >= 11 is 6.40. The van der Waals surface area contributed by atoms with E-state index >= 15 is 0 Å². The molecule has 0 aliphatic carbocycles. The maximum absolute atomic E-state index is 6.40. The zero-order valence-corrected chi connectivity index (χ0v) is 13.9. The molecule has 2 aromatic rings. The van der Waals surface area contributed by atoms with Gasteiger partial charge in [0.1, 0.15) is 0 Å². The molecule has 2 heteroatoms. The fraction of sp³-hybridized carbons (Fsp3) is 0.368. The molecule has 0 amide bonds. The van der Waals surface area contributed by atoms with Crippen molar-refractivity contribution < 1.29 is 0 Å². The molecule has 0 aromatic heterocycles. The van der Waals surface area contributed by atoms with E-state index in [9.17, 15) is 0 Å². The molecule has 0 saturated heterocycles. The van der Waals surface area contributed by atoms with Gasteiger partial charge in [0.15, 0.2) is 0 Å². The lowest BCUT2D eigenvalue weighted by Gasteiger charge is -2.10. The van der Waals surface area contributed by atoms with Crippen molar-refractivity contribution in [2.75, 3.05) is 6.54 Å². The first-order valence-corrected chi connectivity index (χ1v) is 8.09. The van der Waals surface area contributed by atoms with Crippen LogP contribution in [0.2, 0.25) is 5.02 Å². The number of halogens is 1. The average molecular weight is 302 g/mol. The Balaban J connectivity index is 2.15. The largest absolute Gasteiger partial charge is 0.313 e. The van der Waals surface area contributed by atoms with Gasteiger partial charge < -0.3 is 5.32 Å². The van der Waals surface area contributed by atoms with Crippen LogP contribution in [-0.4, -0.2) is 6.54 Å². The molecular weight excluding hydrogens is 278 g/mol. The molecule has 21 heavy (non-hydrogen) atoms. The monoisotopic (exact) mass is 301 g/mol. The van der Waals surface area contributed by atoms with Gasteiger partial charge in [-0.25, -0.2) is 0 Å². The fourth-order valence-corrected chi connectivity index (χ4v) is 2.58. The van der Waals surface area contributed by atoms with E-state index in [0.29, 0.717) is 5.92 Å². The lowest BCUT2D eigenvalue weighted by molar-refractivity contribution is 0.675. The third kappa shape index (κ3) is 4.33. The molecule has 0 bridgehead atoms. The van der Waals surface area contributed by atoms with Gasteiger partial charge in [-0.05, 0) is 47.2 Å². The highest BCUT2D eigenvalue weighted by Crippen LogP contribution is 2.27. The van der Waals surface area contributed by atoms with Crippen molar-refractivity contribution in [3.05, 3.63) is 58.6 Å². The van der Waals surface area contributed by atoms with Gasteiger partial charge >= 0.3 is 0 Å². The molecule has 112 valence electrons. The van der Waals surface area contributed by atoms with Crippen molar-refractivity contribution >= 4 is 11.6 Å². The Morgan fingerprint density at radius 1 is 1.00 bits per heavy atom. The van der Waals surface area contributed by atoms with E-state index in [1.165, 1.54) is 16.7 Å². The van der Waals surface area contributed by atoms with E-state index in [-0.39, 0.29) is 0 Å². The van der Waals surface area contributed by atoms with E-state index in [2.05, 4.69) is 68.6 Å². The van der Waals surface area contributed by atoms with Crippen LogP contribution in [0.1, 0.15) is 44.2 Å². The summed E-state index contributed by atoms with van der Waals surface area (Å²) in [4.78, 5) is 0. The second kappa shape index (κ2) is 7.63. The standard InChI is InChI=1S/C19H24ClN/c1-4-11-21-13-18-10-9-17(12-19(18)20)16-7-5-15(6-8-16)14(2)3/h5-10,12,14,21H,4,11,13H2,1-3H3. The highest BCUT2D eigenvalue weighted by Gasteiger charge is 2.05. The first-order valence-electron chi connectivity index (χ1n) is 7.71. The maximum atomic E-state index is 6.40. The van der Waals surface area contributed by atoms with Crippen LogP contribution in [0, 0.1) is 0 Å². The van der Waals surface area contributed by atoms with Gasteiger partial charge in [0, 0.05) is 11.6 Å². The lowest BCUT2D eigenvalue weighted by Crippen LogP contribution is -2.13. The van der Waals surface area contributed by atoms with Crippen molar-refractivity contribution in [3.8, 4) is 11.1 Å². The molecule has 2 aromatic carbocycles. The zero-order chi connectivity index (χ0) is 15.2. The van der Waals surface area contributed by atoms with E-state index in [4.69, 9.17) is 11.6 Å². The Morgan fingerprint density at radius 2 is 1.67 bits per heavy atom. The zero-order valence-electron chi connectivity index (χ0n) is 13.1. The van der Waals surface area contributed by atoms with Crippen LogP contribution in [0.15, 0.2) is 42.5 Å². The summed E-state index contributed by atoms with van der Waals surface area (Å²) in [5, 5.41) is 4.22. The molecule has 0 fully saturated rings. The second-order valence-corrected chi connectivity index (χ2v) is 6.17. The number of benzene rings is 2. The van der Waals surface area contributed by atoms with Gasteiger partial charge in [-0.15, -0.1) is 0 Å². The molecular formula is C19H24ClN. The van der Waals surface area contributed by atoms with Crippen molar-refractivity contribution in [2.45, 2.75) is 39.7 Å². The smallest absolute Gasteiger partial charge is 0.0457 e. The van der Waals surface area contributed by atoms with Gasteiger partial charge in [0.05, 0.1) is 0 Å². The number of hydrogen-bond acceptors (Lipinski definition) is 1. The van der Waals surface area contributed by atoms with Crippen molar-refractivity contribution in [3.63, 3.8) is 0 Å². The Kier molecular flexibility index (Phi) is 5.84. The van der Waals surface area contributed by atoms with E-state index < -0.39 is 0 Å². The SMILES string of the molecule is CCCNCc1ccc(-c2ccc(C(C)C)cc2)cc1Cl. The molecule has 0 saturated carbocycles. The molecule has 0 radical (unpaired) electrons. The minimum absolute atomic E-state index is 0.564. The second-order valence-electron chi connectivity index (χ2n) is 5.76. The van der Waals surface area contributed by atoms with Gasteiger partial charge in [0.25, 0.3) is 0 Å². The predicted molar refractivity (Wildman–Crippen MR) is 93.0 cm³/mol. The Hall–Kier alpha value is -1.31. The summed E-state index contributed by atoms with van der Waals surface area (Å²) in [7, 11) is 0. The molecule has 0 spiro atoms. The predicted octanol–water partition coefficient (Wildman–Crippen LogP) is 5.63. The molecule has 0 atom stereocenters.